The highest BCUT2D eigenvalue weighted by atomic mass is 16.2. The maximum Gasteiger partial charge on any atom is 0.306 e. The van der Waals surface area contributed by atoms with Gasteiger partial charge in [-0.05, 0) is 36.3 Å². The van der Waals surface area contributed by atoms with E-state index in [1.54, 1.807) is 24.5 Å². The van der Waals surface area contributed by atoms with Crippen molar-refractivity contribution in [2.75, 3.05) is 13.1 Å². The van der Waals surface area contributed by atoms with Crippen LogP contribution in [0.1, 0.15) is 30.1 Å². The van der Waals surface area contributed by atoms with Crippen LogP contribution < -0.4 is 5.43 Å². The lowest BCUT2D eigenvalue weighted by Crippen LogP contribution is -2.49. The summed E-state index contributed by atoms with van der Waals surface area (Å²) in [6.07, 6.45) is 5.61. The molecule has 1 aromatic carbocycles. The van der Waals surface area contributed by atoms with Gasteiger partial charge in [0.1, 0.15) is 0 Å². The minimum absolute atomic E-state index is 0.404. The van der Waals surface area contributed by atoms with Crippen LogP contribution in [0.3, 0.4) is 0 Å². The first-order valence-corrected chi connectivity index (χ1v) is 7.57. The van der Waals surface area contributed by atoms with Gasteiger partial charge >= 0.3 is 5.91 Å². The Bertz CT molecular complexity index is 714. The number of rotatable bonds is 3. The molecule has 1 saturated heterocycles. The molecule has 1 N–H and O–H groups in total. The number of aromatic nitrogens is 1. The Balaban J connectivity index is 1.72. The summed E-state index contributed by atoms with van der Waals surface area (Å²) in [6, 6.07) is 7.05. The van der Waals surface area contributed by atoms with E-state index >= 15 is 0 Å². The molecule has 114 valence electrons. The molecule has 1 aliphatic heterocycles. The second kappa shape index (κ2) is 6.23. The number of hydrazine groups is 1. The molecule has 2 aromatic rings. The molecular weight excluding hydrogens is 278 g/mol. The van der Waals surface area contributed by atoms with Crippen LogP contribution in [-0.2, 0) is 4.79 Å². The van der Waals surface area contributed by atoms with Crippen molar-refractivity contribution >= 4 is 22.5 Å². The topological polar surface area (TPSA) is 62.3 Å². The van der Waals surface area contributed by atoms with Gasteiger partial charge in [0.2, 0.25) is 0 Å². The highest BCUT2D eigenvalue weighted by Crippen LogP contribution is 2.16. The Morgan fingerprint density at radius 1 is 1.27 bits per heavy atom. The number of pyridine rings is 1. The monoisotopic (exact) mass is 297 g/mol. The SMILES string of the molecule is CC1CCCN(NC(=O)C(=O)c2ccc3cnccc3c2)C1. The molecule has 1 fully saturated rings. The average Bonchev–Trinajstić information content (AvgIpc) is 2.53. The highest BCUT2D eigenvalue weighted by Gasteiger charge is 2.22. The van der Waals surface area contributed by atoms with Gasteiger partial charge in [-0.25, -0.2) is 5.01 Å². The van der Waals surface area contributed by atoms with E-state index < -0.39 is 11.7 Å². The molecule has 0 bridgehead atoms. The number of hydrogen-bond donors (Lipinski definition) is 1. The largest absolute Gasteiger partial charge is 0.306 e. The average molecular weight is 297 g/mol. The lowest BCUT2D eigenvalue weighted by Gasteiger charge is -2.30. The van der Waals surface area contributed by atoms with E-state index in [1.807, 2.05) is 17.1 Å². The van der Waals surface area contributed by atoms with E-state index in [-0.39, 0.29) is 0 Å². The second-order valence-corrected chi connectivity index (χ2v) is 5.90. The Hall–Kier alpha value is -2.27. The van der Waals surface area contributed by atoms with Crippen LogP contribution in [-0.4, -0.2) is 34.8 Å². The van der Waals surface area contributed by atoms with E-state index in [0.29, 0.717) is 11.5 Å². The third-order valence-corrected chi connectivity index (χ3v) is 4.03. The van der Waals surface area contributed by atoms with Gasteiger partial charge < -0.3 is 0 Å². The molecule has 0 aliphatic carbocycles. The minimum Gasteiger partial charge on any atom is -0.283 e. The van der Waals surface area contributed by atoms with Crippen LogP contribution in [0.15, 0.2) is 36.7 Å². The molecule has 1 atom stereocenters. The van der Waals surface area contributed by atoms with Crippen molar-refractivity contribution in [1.82, 2.24) is 15.4 Å². The van der Waals surface area contributed by atoms with Gasteiger partial charge in [-0.2, -0.15) is 0 Å². The van der Waals surface area contributed by atoms with Crippen molar-refractivity contribution in [3.05, 3.63) is 42.2 Å². The molecule has 0 spiro atoms. The summed E-state index contributed by atoms with van der Waals surface area (Å²) in [4.78, 5) is 28.5. The fourth-order valence-electron chi connectivity index (χ4n) is 2.84. The number of piperidine rings is 1. The Kier molecular flexibility index (Phi) is 4.15. The van der Waals surface area contributed by atoms with Crippen molar-refractivity contribution in [2.45, 2.75) is 19.8 Å². The number of fused-ring (bicyclic) bond motifs is 1. The molecular formula is C17H19N3O2. The predicted octanol–water partition coefficient (Wildman–Crippen LogP) is 2.18. The summed E-state index contributed by atoms with van der Waals surface area (Å²) < 4.78 is 0. The van der Waals surface area contributed by atoms with Gasteiger partial charge in [0, 0.05) is 36.4 Å². The van der Waals surface area contributed by atoms with Crippen LogP contribution >= 0.6 is 0 Å². The molecule has 3 rings (SSSR count). The third kappa shape index (κ3) is 3.14. The van der Waals surface area contributed by atoms with Crippen molar-refractivity contribution in [3.63, 3.8) is 0 Å². The maximum atomic E-state index is 12.3. The maximum absolute atomic E-state index is 12.3. The Labute approximate surface area is 129 Å². The molecule has 2 heterocycles. The van der Waals surface area contributed by atoms with Gasteiger partial charge in [0.05, 0.1) is 0 Å². The van der Waals surface area contributed by atoms with Crippen molar-refractivity contribution in [2.24, 2.45) is 5.92 Å². The minimum atomic E-state index is -0.567. The number of ketones is 1. The van der Waals surface area contributed by atoms with Crippen LogP contribution in [0.25, 0.3) is 10.8 Å². The Morgan fingerprint density at radius 3 is 2.95 bits per heavy atom. The van der Waals surface area contributed by atoms with Gasteiger partial charge in [-0.3, -0.25) is 20.0 Å². The number of benzene rings is 1. The number of hydrogen-bond acceptors (Lipinski definition) is 4. The van der Waals surface area contributed by atoms with E-state index in [4.69, 9.17) is 0 Å². The van der Waals surface area contributed by atoms with E-state index in [1.165, 1.54) is 6.42 Å². The fourth-order valence-corrected chi connectivity index (χ4v) is 2.84. The van der Waals surface area contributed by atoms with Crippen LogP contribution in [0.5, 0.6) is 0 Å². The first kappa shape index (κ1) is 14.7. The third-order valence-electron chi connectivity index (χ3n) is 4.03. The molecule has 5 nitrogen and oxygen atoms in total. The quantitative estimate of drug-likeness (QED) is 0.697. The lowest BCUT2D eigenvalue weighted by molar-refractivity contribution is -0.122. The van der Waals surface area contributed by atoms with Crippen molar-refractivity contribution in [3.8, 4) is 0 Å². The molecule has 1 aromatic heterocycles. The van der Waals surface area contributed by atoms with Crippen molar-refractivity contribution in [1.29, 1.82) is 0 Å². The molecule has 5 heteroatoms. The molecule has 22 heavy (non-hydrogen) atoms. The first-order chi connectivity index (χ1) is 10.6. The molecule has 1 amide bonds. The zero-order valence-electron chi connectivity index (χ0n) is 12.6. The lowest BCUT2D eigenvalue weighted by atomic mass is 10.0. The summed E-state index contributed by atoms with van der Waals surface area (Å²) in [5.41, 5.74) is 3.13. The van der Waals surface area contributed by atoms with Gasteiger partial charge in [0.15, 0.2) is 0 Å². The molecule has 1 aliphatic rings. The Morgan fingerprint density at radius 2 is 2.14 bits per heavy atom. The zero-order chi connectivity index (χ0) is 15.5. The number of amides is 1. The fraction of sp³-hybridized carbons (Fsp3) is 0.353. The van der Waals surface area contributed by atoms with E-state index in [9.17, 15) is 9.59 Å². The summed E-state index contributed by atoms with van der Waals surface area (Å²) in [5, 5.41) is 3.70. The number of nitrogens with zero attached hydrogens (tertiary/aromatic N) is 2. The van der Waals surface area contributed by atoms with E-state index in [0.717, 1.165) is 30.3 Å². The van der Waals surface area contributed by atoms with E-state index in [2.05, 4.69) is 17.3 Å². The summed E-state index contributed by atoms with van der Waals surface area (Å²) in [7, 11) is 0. The number of carbonyl (C=O) groups is 2. The standard InChI is InChI=1S/C17H19N3O2/c1-12-3-2-8-20(11-12)19-17(22)16(21)14-4-5-15-10-18-7-6-13(15)9-14/h4-7,9-10,12H,2-3,8,11H2,1H3,(H,19,22). The molecule has 0 radical (unpaired) electrons. The summed E-state index contributed by atoms with van der Waals surface area (Å²) in [6.45, 7) is 3.74. The van der Waals surface area contributed by atoms with Gasteiger partial charge in [-0.15, -0.1) is 0 Å². The molecule has 1 unspecified atom stereocenters. The summed E-state index contributed by atoms with van der Waals surface area (Å²) >= 11 is 0. The zero-order valence-corrected chi connectivity index (χ0v) is 12.6. The van der Waals surface area contributed by atoms with Gasteiger partial charge in [-0.1, -0.05) is 19.1 Å². The summed E-state index contributed by atoms with van der Waals surface area (Å²) in [5.74, 6) is -0.531. The first-order valence-electron chi connectivity index (χ1n) is 7.57. The van der Waals surface area contributed by atoms with Crippen LogP contribution in [0.4, 0.5) is 0 Å². The number of carbonyl (C=O) groups excluding carboxylic acids is 2. The van der Waals surface area contributed by atoms with Crippen molar-refractivity contribution < 1.29 is 9.59 Å². The van der Waals surface area contributed by atoms with Crippen LogP contribution in [0, 0.1) is 5.92 Å². The van der Waals surface area contributed by atoms with Gasteiger partial charge in [0.25, 0.3) is 5.78 Å². The highest BCUT2D eigenvalue weighted by molar-refractivity contribution is 6.42. The normalized spacial score (nSPS) is 19.0. The van der Waals surface area contributed by atoms with Crippen LogP contribution in [0.2, 0.25) is 0 Å². The number of Topliss-reactive ketones (excluding diaryl/α,β-unsaturated/α-hetero) is 1. The number of nitrogens with one attached hydrogen (secondary N) is 1. The predicted molar refractivity (Wildman–Crippen MR) is 84.2 cm³/mol. The smallest absolute Gasteiger partial charge is 0.283 e. The molecule has 0 saturated carbocycles. The second-order valence-electron chi connectivity index (χ2n) is 5.90.